The molecule has 458 valence electrons. The monoisotopic (exact) mass is 1260 g/mol. The first-order chi connectivity index (χ1) is 45.2. The molecule has 0 radical (unpaired) electrons. The molecule has 19 heteroatoms. The highest BCUT2D eigenvalue weighted by Crippen LogP contribution is 2.35. The molecule has 0 saturated heterocycles. The third-order valence-electron chi connectivity index (χ3n) is 14.8. The van der Waals surface area contributed by atoms with E-state index in [1.54, 1.807) is 22.7 Å². The summed E-state index contributed by atoms with van der Waals surface area (Å²) >= 11 is 3.27. The summed E-state index contributed by atoms with van der Waals surface area (Å²) in [5.41, 5.74) is 15.0. The van der Waals surface area contributed by atoms with Gasteiger partial charge in [-0.25, -0.2) is 0 Å². The van der Waals surface area contributed by atoms with Gasteiger partial charge < -0.3 is 22.8 Å². The number of pyridine rings is 4. The summed E-state index contributed by atoms with van der Waals surface area (Å²) in [6.45, 7) is 18.1. The van der Waals surface area contributed by atoms with Gasteiger partial charge in [0.25, 0.3) is 23.6 Å². The maximum Gasteiger partial charge on any atom is 0.260 e. The molecule has 16 aromatic rings. The number of thiophene rings is 2. The number of aryl methyl sites for hydroxylation is 7. The van der Waals surface area contributed by atoms with Crippen molar-refractivity contribution in [2.45, 2.75) is 68.4 Å². The van der Waals surface area contributed by atoms with Crippen molar-refractivity contribution in [3.05, 3.63) is 232 Å². The van der Waals surface area contributed by atoms with Crippen LogP contribution in [-0.4, -0.2) is 66.6 Å². The zero-order chi connectivity index (χ0) is 64.1. The second kappa shape index (κ2) is 26.7. The third-order valence-corrected chi connectivity index (χ3v) is 16.8. The Labute approximate surface area is 542 Å². The number of nitrogens with zero attached hydrogens (tertiary/aromatic N) is 12. The Kier molecular flexibility index (Phi) is 17.4. The zero-order valence-electron chi connectivity index (χ0n) is 52.3. The minimum absolute atomic E-state index is 0.139. The van der Waals surface area contributed by atoms with Gasteiger partial charge in [-0.2, -0.15) is 19.9 Å². The molecular weight excluding hydrogens is 1200 g/mol. The van der Waals surface area contributed by atoms with Crippen molar-refractivity contribution < 1.29 is 22.8 Å². The normalized spacial score (nSPS) is 11.2. The second-order valence-corrected chi connectivity index (χ2v) is 24.7. The Morgan fingerprint density at radius 3 is 1.06 bits per heavy atom. The van der Waals surface area contributed by atoms with Crippen molar-refractivity contribution in [3.8, 4) is 95.7 Å². The van der Waals surface area contributed by atoms with E-state index in [-0.39, 0.29) is 6.10 Å². The fourth-order valence-electron chi connectivity index (χ4n) is 10.2. The molecule has 16 rings (SSSR count). The first-order valence-electron chi connectivity index (χ1n) is 30.0. The van der Waals surface area contributed by atoms with E-state index in [1.807, 2.05) is 199 Å². The Balaban J connectivity index is 0.000000113. The Morgan fingerprint density at radius 2 is 0.710 bits per heavy atom. The van der Waals surface area contributed by atoms with E-state index < -0.39 is 0 Å². The van der Waals surface area contributed by atoms with E-state index in [0.717, 1.165) is 115 Å². The lowest BCUT2D eigenvalue weighted by Crippen LogP contribution is -2.05. The molecule has 17 nitrogen and oxygen atoms in total. The van der Waals surface area contributed by atoms with E-state index >= 15 is 0 Å². The molecule has 10 heterocycles. The molecule has 0 N–H and O–H groups in total. The van der Waals surface area contributed by atoms with Crippen LogP contribution in [0.4, 0.5) is 0 Å². The molecular formula is C74H60N12O5S2. The molecule has 0 saturated carbocycles. The fourth-order valence-corrected chi connectivity index (χ4v) is 11.8. The van der Waals surface area contributed by atoms with Gasteiger partial charge in [-0.1, -0.05) is 123 Å². The SMILES string of the molecule is Cc1ccc(-c2noc(-c3cccc4ccc(C)nc34)n2)cc1.Cc1ccc2cccc(-c3nc(-c4ccc(C)s4)no3)c2n1.Cc1ccc2cccc(-c3nc(-c4ccc(OC(C)C)cc4)no3)c2n1.Cc1csc(-c2noc(-c3cccc4ccc(C)nc34)n2)c1. The van der Waals surface area contributed by atoms with Crippen LogP contribution in [0.1, 0.15) is 52.6 Å². The highest BCUT2D eigenvalue weighted by molar-refractivity contribution is 7.15. The smallest absolute Gasteiger partial charge is 0.260 e. The van der Waals surface area contributed by atoms with Crippen LogP contribution in [0.15, 0.2) is 212 Å². The van der Waals surface area contributed by atoms with E-state index in [2.05, 4.69) is 117 Å². The molecule has 93 heavy (non-hydrogen) atoms. The molecule has 0 spiro atoms. The van der Waals surface area contributed by atoms with Gasteiger partial charge in [0, 0.05) is 60.3 Å². The van der Waals surface area contributed by atoms with Crippen LogP contribution in [0.5, 0.6) is 5.75 Å². The first kappa shape index (κ1) is 60.6. The number of aromatic nitrogens is 12. The van der Waals surface area contributed by atoms with Crippen LogP contribution in [0.3, 0.4) is 0 Å². The quantitative estimate of drug-likeness (QED) is 0.124. The van der Waals surface area contributed by atoms with Crippen molar-refractivity contribution in [1.82, 2.24) is 60.5 Å². The van der Waals surface area contributed by atoms with E-state index in [1.165, 1.54) is 16.0 Å². The highest BCUT2D eigenvalue weighted by atomic mass is 32.1. The van der Waals surface area contributed by atoms with Crippen molar-refractivity contribution in [2.24, 2.45) is 0 Å². The van der Waals surface area contributed by atoms with Gasteiger partial charge in [0.05, 0.1) is 60.2 Å². The highest BCUT2D eigenvalue weighted by Gasteiger charge is 2.20. The average molecular weight is 1260 g/mol. The molecule has 0 atom stereocenters. The average Bonchev–Trinajstić information content (AvgIpc) is 1.84. The topological polar surface area (TPSA) is 216 Å². The minimum Gasteiger partial charge on any atom is -0.491 e. The Bertz CT molecular complexity index is 5140. The molecule has 0 aliphatic rings. The lowest BCUT2D eigenvalue weighted by atomic mass is 10.1. The molecule has 0 aliphatic heterocycles. The van der Waals surface area contributed by atoms with Crippen molar-refractivity contribution in [1.29, 1.82) is 0 Å². The molecule has 0 bridgehead atoms. The minimum atomic E-state index is 0.139. The predicted molar refractivity (Wildman–Crippen MR) is 367 cm³/mol. The van der Waals surface area contributed by atoms with Gasteiger partial charge >= 0.3 is 0 Å². The van der Waals surface area contributed by atoms with Gasteiger partial charge in [0.2, 0.25) is 23.3 Å². The summed E-state index contributed by atoms with van der Waals surface area (Å²) in [5.74, 6) is 5.16. The van der Waals surface area contributed by atoms with E-state index in [4.69, 9.17) is 22.8 Å². The maximum atomic E-state index is 5.67. The molecule has 0 fully saturated rings. The second-order valence-electron chi connectivity index (χ2n) is 22.5. The van der Waals surface area contributed by atoms with Crippen molar-refractivity contribution >= 4 is 66.3 Å². The Hall–Kier alpha value is -11.3. The van der Waals surface area contributed by atoms with Crippen molar-refractivity contribution in [3.63, 3.8) is 0 Å². The lowest BCUT2D eigenvalue weighted by molar-refractivity contribution is 0.242. The first-order valence-corrected chi connectivity index (χ1v) is 31.7. The Morgan fingerprint density at radius 1 is 0.344 bits per heavy atom. The van der Waals surface area contributed by atoms with Gasteiger partial charge in [-0.3, -0.25) is 19.9 Å². The number of para-hydroxylation sites is 4. The zero-order valence-corrected chi connectivity index (χ0v) is 53.9. The summed E-state index contributed by atoms with van der Waals surface area (Å²) in [5, 5.41) is 22.7. The number of hydrogen-bond donors (Lipinski definition) is 0. The van der Waals surface area contributed by atoms with Gasteiger partial charge in [-0.15, -0.1) is 22.7 Å². The van der Waals surface area contributed by atoms with Crippen LogP contribution >= 0.6 is 22.7 Å². The summed E-state index contributed by atoms with van der Waals surface area (Å²) in [4.78, 5) is 39.9. The van der Waals surface area contributed by atoms with E-state index in [9.17, 15) is 0 Å². The summed E-state index contributed by atoms with van der Waals surface area (Å²) in [6.07, 6.45) is 0.139. The van der Waals surface area contributed by atoms with Gasteiger partial charge in [-0.05, 0) is 164 Å². The largest absolute Gasteiger partial charge is 0.491 e. The molecule has 10 aromatic heterocycles. The summed E-state index contributed by atoms with van der Waals surface area (Å²) in [6, 6.07) is 61.9. The summed E-state index contributed by atoms with van der Waals surface area (Å²) in [7, 11) is 0. The molecule has 0 aliphatic carbocycles. The number of rotatable bonds is 10. The predicted octanol–water partition coefficient (Wildman–Crippen LogP) is 18.9. The van der Waals surface area contributed by atoms with Crippen LogP contribution in [0.2, 0.25) is 0 Å². The number of ether oxygens (including phenoxy) is 1. The van der Waals surface area contributed by atoms with E-state index in [0.29, 0.717) is 46.9 Å². The van der Waals surface area contributed by atoms with Crippen LogP contribution < -0.4 is 4.74 Å². The number of hydrogen-bond acceptors (Lipinski definition) is 19. The van der Waals surface area contributed by atoms with Crippen LogP contribution in [0.25, 0.3) is 134 Å². The number of benzene rings is 6. The molecule has 0 unspecified atom stereocenters. The van der Waals surface area contributed by atoms with Crippen LogP contribution in [-0.2, 0) is 0 Å². The summed E-state index contributed by atoms with van der Waals surface area (Å²) < 4.78 is 27.6. The lowest BCUT2D eigenvalue weighted by Gasteiger charge is -2.09. The molecule has 0 amide bonds. The number of fused-ring (bicyclic) bond motifs is 4. The van der Waals surface area contributed by atoms with Gasteiger partial charge in [0.1, 0.15) is 5.75 Å². The maximum absolute atomic E-state index is 5.67. The third kappa shape index (κ3) is 13.8. The standard InChI is InChI=1S/C21H19N3O2.C19H15N3O.2C17H13N3OS/c1-13(2)25-17-11-9-16(10-12-17)20-23-21(26-24-20)18-6-4-5-15-8-7-14(3)22-19(15)18;1-12-6-9-15(10-7-12)18-21-19(23-22-18)16-5-3-4-14-11-8-13(2)20-17(14)16;1-10-6-8-12-4-3-5-13(15(12)18-10)17-19-16(20-21-17)14-9-7-11(2)22-14;1-10-8-14(22-9-10)16-19-17(21-20-16)13-5-3-4-12-7-6-11(2)18-15(12)13/h4-13H,1-3H3;3-11H,1-2H3;2*3-9H,1-2H3. The fraction of sp³-hybridized carbons (Fsp3) is 0.135. The van der Waals surface area contributed by atoms with Crippen molar-refractivity contribution in [2.75, 3.05) is 0 Å². The van der Waals surface area contributed by atoms with Gasteiger partial charge in [0.15, 0.2) is 0 Å². The van der Waals surface area contributed by atoms with Crippen LogP contribution in [0, 0.1) is 48.5 Å². The molecule has 6 aromatic carbocycles.